The van der Waals surface area contributed by atoms with Crippen molar-refractivity contribution in [2.45, 2.75) is 35.8 Å². The lowest BCUT2D eigenvalue weighted by molar-refractivity contribution is 0.363. The zero-order valence-electron chi connectivity index (χ0n) is 8.53. The first-order chi connectivity index (χ1) is 6.96. The van der Waals surface area contributed by atoms with Gasteiger partial charge in [-0.1, -0.05) is 18.0 Å². The van der Waals surface area contributed by atoms with Gasteiger partial charge in [0.15, 0.2) is 9.84 Å². The SMILES string of the molecule is CC1(S(=O)(=O)c2ccc(Cl)cc2)CCC1. The van der Waals surface area contributed by atoms with E-state index in [0.717, 1.165) is 19.3 Å². The minimum atomic E-state index is -3.18. The highest BCUT2D eigenvalue weighted by atomic mass is 35.5. The molecule has 0 saturated heterocycles. The Kier molecular flexibility index (Phi) is 2.55. The fourth-order valence-electron chi connectivity index (χ4n) is 1.84. The van der Waals surface area contributed by atoms with Crippen LogP contribution in [0.4, 0.5) is 0 Å². The van der Waals surface area contributed by atoms with Gasteiger partial charge in [0.2, 0.25) is 0 Å². The quantitative estimate of drug-likeness (QED) is 0.801. The molecule has 0 spiro atoms. The van der Waals surface area contributed by atoms with E-state index in [2.05, 4.69) is 0 Å². The van der Waals surface area contributed by atoms with Crippen LogP contribution in [0.25, 0.3) is 0 Å². The van der Waals surface area contributed by atoms with Crippen LogP contribution in [0.3, 0.4) is 0 Å². The van der Waals surface area contributed by atoms with E-state index in [1.165, 1.54) is 0 Å². The molecular formula is C11H13ClO2S. The molecule has 2 rings (SSSR count). The van der Waals surface area contributed by atoms with Gasteiger partial charge in [-0.3, -0.25) is 0 Å². The second-order valence-electron chi connectivity index (χ2n) is 4.26. The number of halogens is 1. The van der Waals surface area contributed by atoms with Crippen LogP contribution in [0.5, 0.6) is 0 Å². The van der Waals surface area contributed by atoms with Crippen LogP contribution in [-0.4, -0.2) is 13.2 Å². The van der Waals surface area contributed by atoms with Crippen LogP contribution in [0.2, 0.25) is 5.02 Å². The summed E-state index contributed by atoms with van der Waals surface area (Å²) in [5.74, 6) is 0. The van der Waals surface area contributed by atoms with Gasteiger partial charge in [0.25, 0.3) is 0 Å². The van der Waals surface area contributed by atoms with Crippen LogP contribution < -0.4 is 0 Å². The van der Waals surface area contributed by atoms with Crippen LogP contribution in [0.15, 0.2) is 29.2 Å². The highest BCUT2D eigenvalue weighted by Gasteiger charge is 2.45. The Morgan fingerprint density at radius 3 is 2.13 bits per heavy atom. The third-order valence-electron chi connectivity index (χ3n) is 3.18. The summed E-state index contributed by atoms with van der Waals surface area (Å²) in [5.41, 5.74) is 0. The van der Waals surface area contributed by atoms with Crippen LogP contribution in [-0.2, 0) is 9.84 Å². The molecule has 0 unspecified atom stereocenters. The molecule has 1 aromatic rings. The minimum absolute atomic E-state index is 0.383. The van der Waals surface area contributed by atoms with Crippen molar-refractivity contribution in [3.63, 3.8) is 0 Å². The fraction of sp³-hybridized carbons (Fsp3) is 0.455. The van der Waals surface area contributed by atoms with Gasteiger partial charge < -0.3 is 0 Å². The average Bonchev–Trinajstić information content (AvgIpc) is 2.14. The van der Waals surface area contributed by atoms with Crippen LogP contribution >= 0.6 is 11.6 Å². The van der Waals surface area contributed by atoms with Crippen molar-refractivity contribution >= 4 is 21.4 Å². The maximum absolute atomic E-state index is 12.2. The molecule has 1 aromatic carbocycles. The number of sulfone groups is 1. The number of benzene rings is 1. The van der Waals surface area contributed by atoms with Crippen molar-refractivity contribution in [1.82, 2.24) is 0 Å². The second-order valence-corrected chi connectivity index (χ2v) is 7.16. The van der Waals surface area contributed by atoms with Crippen molar-refractivity contribution < 1.29 is 8.42 Å². The Labute approximate surface area is 95.2 Å². The lowest BCUT2D eigenvalue weighted by atomic mass is 9.86. The van der Waals surface area contributed by atoms with Gasteiger partial charge in [0.1, 0.15) is 0 Å². The summed E-state index contributed by atoms with van der Waals surface area (Å²) < 4.78 is 23.9. The Bertz CT molecular complexity index is 458. The van der Waals surface area contributed by atoms with Gasteiger partial charge >= 0.3 is 0 Å². The Hall–Kier alpha value is -0.540. The summed E-state index contributed by atoms with van der Waals surface area (Å²) in [6.07, 6.45) is 2.53. The van der Waals surface area contributed by atoms with Gasteiger partial charge in [0, 0.05) is 5.02 Å². The average molecular weight is 245 g/mol. The summed E-state index contributed by atoms with van der Waals surface area (Å²) in [7, 11) is -3.18. The molecule has 0 atom stereocenters. The number of hydrogen-bond donors (Lipinski definition) is 0. The molecule has 0 N–H and O–H groups in total. The van der Waals surface area contributed by atoms with Gasteiger partial charge in [-0.25, -0.2) is 8.42 Å². The normalized spacial score (nSPS) is 19.6. The highest BCUT2D eigenvalue weighted by Crippen LogP contribution is 2.42. The van der Waals surface area contributed by atoms with E-state index in [1.54, 1.807) is 24.3 Å². The lowest BCUT2D eigenvalue weighted by Gasteiger charge is -2.37. The summed E-state index contributed by atoms with van der Waals surface area (Å²) in [4.78, 5) is 0.383. The second kappa shape index (κ2) is 3.49. The fourth-order valence-corrected chi connectivity index (χ4v) is 3.86. The van der Waals surface area contributed by atoms with Crippen molar-refractivity contribution in [2.24, 2.45) is 0 Å². The third kappa shape index (κ3) is 1.68. The predicted molar refractivity (Wildman–Crippen MR) is 60.9 cm³/mol. The van der Waals surface area contributed by atoms with E-state index < -0.39 is 14.6 Å². The van der Waals surface area contributed by atoms with E-state index >= 15 is 0 Å². The number of rotatable bonds is 2. The maximum Gasteiger partial charge on any atom is 0.183 e. The molecule has 1 aliphatic rings. The summed E-state index contributed by atoms with van der Waals surface area (Å²) >= 11 is 5.73. The molecule has 0 radical (unpaired) electrons. The van der Waals surface area contributed by atoms with Crippen molar-refractivity contribution in [2.75, 3.05) is 0 Å². The van der Waals surface area contributed by atoms with E-state index in [-0.39, 0.29) is 0 Å². The molecule has 0 heterocycles. The molecule has 1 saturated carbocycles. The van der Waals surface area contributed by atoms with Crippen LogP contribution in [0.1, 0.15) is 26.2 Å². The van der Waals surface area contributed by atoms with Gasteiger partial charge in [-0.2, -0.15) is 0 Å². The first kappa shape index (κ1) is 11.0. The number of hydrogen-bond acceptors (Lipinski definition) is 2. The Morgan fingerprint density at radius 1 is 1.20 bits per heavy atom. The molecule has 0 bridgehead atoms. The zero-order chi connectivity index (χ0) is 11.1. The molecule has 0 aliphatic heterocycles. The summed E-state index contributed by atoms with van der Waals surface area (Å²) in [6, 6.07) is 6.41. The van der Waals surface area contributed by atoms with E-state index in [9.17, 15) is 8.42 Å². The maximum atomic E-state index is 12.2. The molecule has 2 nitrogen and oxygen atoms in total. The smallest absolute Gasteiger partial charge is 0.183 e. The third-order valence-corrected chi connectivity index (χ3v) is 6.03. The molecule has 0 amide bonds. The van der Waals surface area contributed by atoms with E-state index in [0.29, 0.717) is 9.92 Å². The first-order valence-electron chi connectivity index (χ1n) is 4.96. The topological polar surface area (TPSA) is 34.1 Å². The molecule has 0 aromatic heterocycles. The van der Waals surface area contributed by atoms with E-state index in [1.807, 2.05) is 6.92 Å². The van der Waals surface area contributed by atoms with Gasteiger partial charge in [-0.15, -0.1) is 0 Å². The summed E-state index contributed by atoms with van der Waals surface area (Å²) in [6.45, 7) is 1.82. The van der Waals surface area contributed by atoms with Crippen molar-refractivity contribution in [3.05, 3.63) is 29.3 Å². The molecule has 15 heavy (non-hydrogen) atoms. The molecule has 1 aliphatic carbocycles. The Morgan fingerprint density at radius 2 is 1.73 bits per heavy atom. The lowest BCUT2D eigenvalue weighted by Crippen LogP contribution is -2.41. The molecule has 1 fully saturated rings. The van der Waals surface area contributed by atoms with E-state index in [4.69, 9.17) is 11.6 Å². The predicted octanol–water partition coefficient (Wildman–Crippen LogP) is 3.06. The standard InChI is InChI=1S/C11H13ClO2S/c1-11(7-2-8-11)15(13,14)10-5-3-9(12)4-6-10/h3-6H,2,7-8H2,1H3. The minimum Gasteiger partial charge on any atom is -0.223 e. The monoisotopic (exact) mass is 244 g/mol. The largest absolute Gasteiger partial charge is 0.223 e. The molecule has 82 valence electrons. The van der Waals surface area contributed by atoms with Crippen LogP contribution in [0, 0.1) is 0 Å². The van der Waals surface area contributed by atoms with Crippen molar-refractivity contribution in [3.8, 4) is 0 Å². The first-order valence-corrected chi connectivity index (χ1v) is 6.82. The van der Waals surface area contributed by atoms with Gasteiger partial charge in [-0.05, 0) is 44.0 Å². The molecule has 4 heteroatoms. The Balaban J connectivity index is 2.42. The summed E-state index contributed by atoms with van der Waals surface area (Å²) in [5, 5.41) is 0.563. The molecular weight excluding hydrogens is 232 g/mol. The zero-order valence-corrected chi connectivity index (χ0v) is 10.1. The van der Waals surface area contributed by atoms with Gasteiger partial charge in [0.05, 0.1) is 9.64 Å². The van der Waals surface area contributed by atoms with Crippen molar-refractivity contribution in [1.29, 1.82) is 0 Å². The highest BCUT2D eigenvalue weighted by molar-refractivity contribution is 7.92.